The second kappa shape index (κ2) is 11.6. The lowest BCUT2D eigenvalue weighted by atomic mass is 9.92. The molecule has 0 amide bonds. The largest absolute Gasteiger partial charge is 0.275 e. The summed E-state index contributed by atoms with van der Waals surface area (Å²) in [5.74, 6) is 7.29. The van der Waals surface area contributed by atoms with Gasteiger partial charge >= 0.3 is 0 Å². The molecule has 0 saturated carbocycles. The number of nitrogens with zero attached hydrogens (tertiary/aromatic N) is 4. The van der Waals surface area contributed by atoms with Crippen LogP contribution >= 0.6 is 12.6 Å². The van der Waals surface area contributed by atoms with Crippen molar-refractivity contribution in [3.63, 3.8) is 0 Å². The second-order valence-corrected chi connectivity index (χ2v) is 13.9. The van der Waals surface area contributed by atoms with Crippen molar-refractivity contribution in [2.75, 3.05) is 0 Å². The van der Waals surface area contributed by atoms with E-state index in [9.17, 15) is 0 Å². The number of aromatic nitrogens is 4. The smallest absolute Gasteiger partial charge is 0.235 e. The van der Waals surface area contributed by atoms with E-state index < -0.39 is 0 Å². The number of hydrogen-bond acceptors (Lipinski definition) is 4. The van der Waals surface area contributed by atoms with Crippen molar-refractivity contribution >= 4 is 94.1 Å². The Balaban J connectivity index is 1.25. The molecule has 0 fully saturated rings. The van der Waals surface area contributed by atoms with Crippen LogP contribution in [0.25, 0.3) is 98.7 Å². The Hall–Kier alpha value is -6.74. The van der Waals surface area contributed by atoms with Gasteiger partial charge < -0.3 is 0 Å². The molecule has 10 aromatic rings. The first-order valence-electron chi connectivity index (χ1n) is 17.7. The van der Waals surface area contributed by atoms with Crippen LogP contribution in [0.3, 0.4) is 0 Å². The summed E-state index contributed by atoms with van der Waals surface area (Å²) in [5, 5.41) is 11.6. The summed E-state index contributed by atoms with van der Waals surface area (Å²) in [4.78, 5) is 16.5. The molecule has 0 N–H and O–H groups in total. The number of allylic oxidation sites excluding steroid dienone is 4. The molecule has 11 rings (SSSR count). The van der Waals surface area contributed by atoms with E-state index in [0.29, 0.717) is 12.4 Å². The number of thiol groups is 1. The van der Waals surface area contributed by atoms with Crippen LogP contribution in [0.4, 0.5) is 0 Å². The summed E-state index contributed by atoms with van der Waals surface area (Å²) in [6.45, 7) is 0. The molecule has 1 aliphatic rings. The molecule has 0 spiro atoms. The Bertz CT molecular complexity index is 3300. The van der Waals surface area contributed by atoms with Crippen LogP contribution < -0.4 is 0 Å². The fourth-order valence-electron chi connectivity index (χ4n) is 8.30. The van der Waals surface area contributed by atoms with E-state index in [4.69, 9.17) is 27.6 Å². The lowest BCUT2D eigenvalue weighted by Gasteiger charge is -2.16. The summed E-state index contributed by atoms with van der Waals surface area (Å²) in [6.07, 6.45) is 8.81. The van der Waals surface area contributed by atoms with Gasteiger partial charge in [0.2, 0.25) is 5.95 Å². The average Bonchev–Trinajstić information content (AvgIpc) is 3.34. The molecular weight excluding hydrogens is 665 g/mol. The van der Waals surface area contributed by atoms with Gasteiger partial charge in [0.15, 0.2) is 0 Å². The third-order valence-corrected chi connectivity index (χ3v) is 11.0. The standard InChI is InChI=1S/C48H28N4S/c53-47-42(29-14-3-1-2-4-15-29)36-20-9-10-21-37(36)43-45-41(24-13-27-49-45)52(46(43)47)48-50-40-23-12-11-22-38(40)44(51-48)30-25-26-35-33-18-6-5-16-31(33)32-17-7-8-19-34(32)39(35)28-30/h1,3,5-14,16-28,53H,2H2. The van der Waals surface area contributed by atoms with Gasteiger partial charge in [0, 0.05) is 45.0 Å². The van der Waals surface area contributed by atoms with Crippen molar-refractivity contribution in [3.8, 4) is 29.0 Å². The Labute approximate surface area is 310 Å². The van der Waals surface area contributed by atoms with E-state index in [1.165, 1.54) is 32.3 Å². The first-order chi connectivity index (χ1) is 26.2. The maximum atomic E-state index is 5.48. The van der Waals surface area contributed by atoms with Crippen LogP contribution in [0, 0.1) is 11.8 Å². The maximum absolute atomic E-state index is 5.48. The fraction of sp³-hybridized carbons (Fsp3) is 0.0208. The molecular formula is C48H28N4S. The second-order valence-electron chi connectivity index (χ2n) is 13.5. The van der Waals surface area contributed by atoms with Crippen molar-refractivity contribution < 1.29 is 0 Å². The van der Waals surface area contributed by atoms with E-state index in [0.717, 1.165) is 70.9 Å². The van der Waals surface area contributed by atoms with E-state index in [2.05, 4.69) is 150 Å². The molecule has 7 aromatic carbocycles. The normalized spacial score (nSPS) is 13.0. The lowest BCUT2D eigenvalue weighted by molar-refractivity contribution is 1.00. The molecule has 3 aromatic heterocycles. The molecule has 4 nitrogen and oxygen atoms in total. The van der Waals surface area contributed by atoms with E-state index in [1.807, 2.05) is 18.3 Å². The average molecular weight is 693 g/mol. The topological polar surface area (TPSA) is 43.6 Å². The van der Waals surface area contributed by atoms with Crippen LogP contribution in [0.2, 0.25) is 0 Å². The first-order valence-corrected chi connectivity index (χ1v) is 18.2. The minimum Gasteiger partial charge on any atom is -0.275 e. The van der Waals surface area contributed by atoms with Crippen molar-refractivity contribution in [1.29, 1.82) is 0 Å². The predicted molar refractivity (Wildman–Crippen MR) is 224 cm³/mol. The highest BCUT2D eigenvalue weighted by Crippen LogP contribution is 2.44. The Kier molecular flexibility index (Phi) is 6.58. The molecule has 1 aliphatic carbocycles. The molecule has 0 bridgehead atoms. The Morgan fingerprint density at radius 3 is 2.06 bits per heavy atom. The highest BCUT2D eigenvalue weighted by molar-refractivity contribution is 7.80. The van der Waals surface area contributed by atoms with Crippen molar-refractivity contribution in [3.05, 3.63) is 157 Å². The van der Waals surface area contributed by atoms with Gasteiger partial charge in [-0.25, -0.2) is 9.97 Å². The highest BCUT2D eigenvalue weighted by atomic mass is 32.1. The van der Waals surface area contributed by atoms with E-state index >= 15 is 0 Å². The van der Waals surface area contributed by atoms with Gasteiger partial charge in [0.05, 0.1) is 27.8 Å². The molecule has 53 heavy (non-hydrogen) atoms. The molecule has 0 aliphatic heterocycles. The third kappa shape index (κ3) is 4.43. The van der Waals surface area contributed by atoms with Crippen molar-refractivity contribution in [1.82, 2.24) is 19.5 Å². The number of fused-ring (bicyclic) bond motifs is 12. The van der Waals surface area contributed by atoms with Gasteiger partial charge in [0.1, 0.15) is 0 Å². The number of hydrogen-bond donors (Lipinski definition) is 1. The lowest BCUT2D eigenvalue weighted by Crippen LogP contribution is -2.04. The maximum Gasteiger partial charge on any atom is 0.235 e. The summed E-state index contributed by atoms with van der Waals surface area (Å²) >= 11 is 5.35. The van der Waals surface area contributed by atoms with Crippen molar-refractivity contribution in [2.45, 2.75) is 11.3 Å². The molecule has 3 heterocycles. The zero-order valence-corrected chi connectivity index (χ0v) is 29.3. The Morgan fingerprint density at radius 2 is 1.28 bits per heavy atom. The van der Waals surface area contributed by atoms with Gasteiger partial charge in [-0.3, -0.25) is 9.55 Å². The molecule has 0 radical (unpaired) electrons. The zero-order valence-electron chi connectivity index (χ0n) is 28.4. The predicted octanol–water partition coefficient (Wildman–Crippen LogP) is 12.0. The molecule has 5 heteroatoms. The van der Waals surface area contributed by atoms with Gasteiger partial charge in [0.25, 0.3) is 0 Å². The highest BCUT2D eigenvalue weighted by Gasteiger charge is 2.25. The summed E-state index contributed by atoms with van der Waals surface area (Å²) in [5.41, 5.74) is 7.38. The number of pyridine rings is 1. The van der Waals surface area contributed by atoms with Crippen LogP contribution in [0.1, 0.15) is 12.0 Å². The number of para-hydroxylation sites is 1. The monoisotopic (exact) mass is 692 g/mol. The SMILES string of the molecule is Sc1c(C2=CC=CCC#C2)c2ccccc2c2c3ncccc3n(-c3nc(-c4ccc5c6ccccc6c6ccccc6c5c4)c4ccccc4n3)c12. The molecule has 0 unspecified atom stereocenters. The fourth-order valence-corrected chi connectivity index (χ4v) is 8.76. The van der Waals surface area contributed by atoms with Crippen LogP contribution in [-0.2, 0) is 0 Å². The van der Waals surface area contributed by atoms with Crippen LogP contribution in [-0.4, -0.2) is 19.5 Å². The van der Waals surface area contributed by atoms with Gasteiger partial charge in [-0.2, -0.15) is 0 Å². The quantitative estimate of drug-likeness (QED) is 0.114. The third-order valence-electron chi connectivity index (χ3n) is 10.6. The molecule has 0 saturated heterocycles. The van der Waals surface area contributed by atoms with Gasteiger partial charge in [-0.1, -0.05) is 127 Å². The number of rotatable bonds is 3. The van der Waals surface area contributed by atoms with E-state index in [1.54, 1.807) is 0 Å². The minimum atomic E-state index is 0.563. The summed E-state index contributed by atoms with van der Waals surface area (Å²) in [6, 6.07) is 45.0. The molecule has 246 valence electrons. The van der Waals surface area contributed by atoms with Gasteiger partial charge in [-0.15, -0.1) is 12.6 Å². The zero-order chi connectivity index (χ0) is 35.0. The van der Waals surface area contributed by atoms with Gasteiger partial charge in [-0.05, 0) is 73.4 Å². The first kappa shape index (κ1) is 29.9. The summed E-state index contributed by atoms with van der Waals surface area (Å²) < 4.78 is 2.15. The number of benzene rings is 7. The molecule has 0 atom stereocenters. The van der Waals surface area contributed by atoms with Crippen LogP contribution in [0.15, 0.2) is 157 Å². The summed E-state index contributed by atoms with van der Waals surface area (Å²) in [7, 11) is 0. The van der Waals surface area contributed by atoms with Crippen LogP contribution in [0.5, 0.6) is 0 Å². The van der Waals surface area contributed by atoms with Crippen molar-refractivity contribution in [2.24, 2.45) is 0 Å². The Morgan fingerprint density at radius 1 is 0.623 bits per heavy atom. The van der Waals surface area contributed by atoms with E-state index in [-0.39, 0.29) is 0 Å². The minimum absolute atomic E-state index is 0.563.